The van der Waals surface area contributed by atoms with Crippen molar-refractivity contribution in [2.75, 3.05) is 5.32 Å². The highest BCUT2D eigenvalue weighted by atomic mass is 19.1. The summed E-state index contributed by atoms with van der Waals surface area (Å²) in [4.78, 5) is 22.4. The van der Waals surface area contributed by atoms with Crippen molar-refractivity contribution in [3.05, 3.63) is 69.5 Å². The van der Waals surface area contributed by atoms with Crippen molar-refractivity contribution in [3.63, 3.8) is 0 Å². The number of nitrogens with one attached hydrogen (secondary N) is 2. The highest BCUT2D eigenvalue weighted by Crippen LogP contribution is 2.22. The van der Waals surface area contributed by atoms with Gasteiger partial charge in [0.1, 0.15) is 5.82 Å². The molecular weight excluding hydrogens is 329 g/mol. The predicted octanol–water partition coefficient (Wildman–Crippen LogP) is 3.29. The monoisotopic (exact) mass is 347 g/mol. The van der Waals surface area contributed by atoms with E-state index in [0.717, 1.165) is 0 Å². The number of benzene rings is 2. The normalized spacial score (nSPS) is 13.0. The number of urea groups is 1. The van der Waals surface area contributed by atoms with Gasteiger partial charge in [-0.1, -0.05) is 18.2 Å². The molecule has 3 N–H and O–H groups in total. The van der Waals surface area contributed by atoms with Crippen LogP contribution in [0.3, 0.4) is 0 Å². The lowest BCUT2D eigenvalue weighted by atomic mass is 10.0. The largest absolute Gasteiger partial charge is 0.386 e. The van der Waals surface area contributed by atoms with Gasteiger partial charge in [0.15, 0.2) is 0 Å². The van der Waals surface area contributed by atoms with Gasteiger partial charge < -0.3 is 15.7 Å². The zero-order chi connectivity index (χ0) is 18.6. The lowest BCUT2D eigenvalue weighted by Gasteiger charge is -2.21. The summed E-state index contributed by atoms with van der Waals surface area (Å²) in [6.45, 7) is 3.19. The molecule has 2 aromatic rings. The minimum atomic E-state index is -1.03. The topological polar surface area (TPSA) is 104 Å². The number of hydrogen-bond donors (Lipinski definition) is 3. The lowest BCUT2D eigenvalue weighted by Crippen LogP contribution is -2.39. The van der Waals surface area contributed by atoms with Crippen LogP contribution in [0, 0.1) is 22.9 Å². The number of anilines is 1. The van der Waals surface area contributed by atoms with Crippen molar-refractivity contribution < 1.29 is 19.2 Å². The average molecular weight is 347 g/mol. The maximum Gasteiger partial charge on any atom is 0.319 e. The molecule has 2 rings (SSSR count). The van der Waals surface area contributed by atoms with E-state index in [9.17, 15) is 24.4 Å². The number of halogens is 1. The van der Waals surface area contributed by atoms with E-state index >= 15 is 0 Å². The number of aryl methyl sites for hydroxylation is 1. The molecular formula is C17H18FN3O4. The van der Waals surface area contributed by atoms with E-state index in [1.165, 1.54) is 36.4 Å². The van der Waals surface area contributed by atoms with Crippen LogP contribution in [0.4, 0.5) is 20.6 Å². The summed E-state index contributed by atoms with van der Waals surface area (Å²) in [5, 5.41) is 26.1. The van der Waals surface area contributed by atoms with Gasteiger partial charge in [0.05, 0.1) is 17.1 Å². The van der Waals surface area contributed by atoms with Crippen LogP contribution in [0.5, 0.6) is 0 Å². The molecule has 0 spiro atoms. The number of hydrogen-bond acceptors (Lipinski definition) is 4. The molecule has 2 unspecified atom stereocenters. The molecule has 0 bridgehead atoms. The van der Waals surface area contributed by atoms with Crippen molar-refractivity contribution in [2.24, 2.45) is 0 Å². The zero-order valence-electron chi connectivity index (χ0n) is 13.7. The Morgan fingerprint density at radius 1 is 1.24 bits per heavy atom. The van der Waals surface area contributed by atoms with Crippen LogP contribution in [0.25, 0.3) is 0 Å². The van der Waals surface area contributed by atoms with Gasteiger partial charge in [0.25, 0.3) is 5.69 Å². The van der Waals surface area contributed by atoms with Gasteiger partial charge in [-0.25, -0.2) is 9.18 Å². The predicted molar refractivity (Wildman–Crippen MR) is 90.8 cm³/mol. The molecule has 2 atom stereocenters. The first-order valence-electron chi connectivity index (χ1n) is 7.54. The molecule has 8 heteroatoms. The standard InChI is InChI=1S/C17H18FN3O4/c1-10-3-8-14(9-15(10)21(24)25)20-17(23)19-11(2)16(22)12-4-6-13(18)7-5-12/h3-9,11,16,22H,1-2H3,(H2,19,20,23). The van der Waals surface area contributed by atoms with E-state index in [4.69, 9.17) is 0 Å². The fraction of sp³-hybridized carbons (Fsp3) is 0.235. The van der Waals surface area contributed by atoms with Crippen LogP contribution in [0.2, 0.25) is 0 Å². The summed E-state index contributed by atoms with van der Waals surface area (Å²) < 4.78 is 12.9. The van der Waals surface area contributed by atoms with Crippen LogP contribution in [0.15, 0.2) is 42.5 Å². The average Bonchev–Trinajstić information content (AvgIpc) is 2.56. The summed E-state index contributed by atoms with van der Waals surface area (Å²) in [5.41, 5.74) is 1.10. The van der Waals surface area contributed by atoms with E-state index in [0.29, 0.717) is 11.1 Å². The first kappa shape index (κ1) is 18.3. The summed E-state index contributed by atoms with van der Waals surface area (Å²) in [7, 11) is 0. The number of rotatable bonds is 5. The molecule has 0 aromatic heterocycles. The van der Waals surface area contributed by atoms with Gasteiger partial charge in [-0.3, -0.25) is 10.1 Å². The maximum atomic E-state index is 12.9. The first-order chi connectivity index (χ1) is 11.8. The molecule has 0 fully saturated rings. The molecule has 2 amide bonds. The Bertz CT molecular complexity index is 780. The minimum Gasteiger partial charge on any atom is -0.386 e. The SMILES string of the molecule is Cc1ccc(NC(=O)NC(C)C(O)c2ccc(F)cc2)cc1[N+](=O)[O-]. The second-order valence-electron chi connectivity index (χ2n) is 5.64. The molecule has 2 aromatic carbocycles. The molecule has 0 radical (unpaired) electrons. The number of aliphatic hydroxyl groups is 1. The fourth-order valence-corrected chi connectivity index (χ4v) is 2.29. The lowest BCUT2D eigenvalue weighted by molar-refractivity contribution is -0.385. The van der Waals surface area contributed by atoms with Crippen molar-refractivity contribution in [1.29, 1.82) is 0 Å². The Kier molecular flexibility index (Phi) is 5.66. The number of carbonyl (C=O) groups excluding carboxylic acids is 1. The van der Waals surface area contributed by atoms with Gasteiger partial charge >= 0.3 is 6.03 Å². The summed E-state index contributed by atoms with van der Waals surface area (Å²) in [6, 6.07) is 8.35. The molecule has 0 aliphatic rings. The van der Waals surface area contributed by atoms with Crippen LogP contribution in [0.1, 0.15) is 24.2 Å². The quantitative estimate of drug-likeness (QED) is 0.570. The Balaban J connectivity index is 2.00. The van der Waals surface area contributed by atoms with Crippen LogP contribution in [-0.4, -0.2) is 22.1 Å². The van der Waals surface area contributed by atoms with E-state index < -0.39 is 28.9 Å². The molecule has 132 valence electrons. The maximum absolute atomic E-state index is 12.9. The second kappa shape index (κ2) is 7.71. The zero-order valence-corrected chi connectivity index (χ0v) is 13.7. The van der Waals surface area contributed by atoms with Crippen LogP contribution >= 0.6 is 0 Å². The molecule has 25 heavy (non-hydrogen) atoms. The highest BCUT2D eigenvalue weighted by Gasteiger charge is 2.19. The number of nitro groups is 1. The fourth-order valence-electron chi connectivity index (χ4n) is 2.29. The molecule has 0 heterocycles. The summed E-state index contributed by atoms with van der Waals surface area (Å²) in [6.07, 6.45) is -1.03. The Morgan fingerprint density at radius 2 is 1.88 bits per heavy atom. The third-order valence-corrected chi connectivity index (χ3v) is 3.71. The highest BCUT2D eigenvalue weighted by molar-refractivity contribution is 5.89. The Morgan fingerprint density at radius 3 is 2.48 bits per heavy atom. The minimum absolute atomic E-state index is 0.0998. The van der Waals surface area contributed by atoms with Crippen molar-refractivity contribution in [1.82, 2.24) is 5.32 Å². The van der Waals surface area contributed by atoms with Crippen molar-refractivity contribution in [2.45, 2.75) is 26.0 Å². The van der Waals surface area contributed by atoms with E-state index in [1.54, 1.807) is 19.9 Å². The third kappa shape index (κ3) is 4.74. The molecule has 0 aliphatic carbocycles. The van der Waals surface area contributed by atoms with Gasteiger partial charge in [0.2, 0.25) is 0 Å². The summed E-state index contributed by atoms with van der Waals surface area (Å²) in [5.74, 6) is -0.421. The van der Waals surface area contributed by atoms with Crippen LogP contribution in [-0.2, 0) is 0 Å². The Labute approximate surface area is 143 Å². The summed E-state index contributed by atoms with van der Waals surface area (Å²) >= 11 is 0. The van der Waals surface area contributed by atoms with Gasteiger partial charge in [-0.2, -0.15) is 0 Å². The second-order valence-corrected chi connectivity index (χ2v) is 5.64. The molecule has 0 aliphatic heterocycles. The van der Waals surface area contributed by atoms with Gasteiger partial charge in [-0.05, 0) is 37.6 Å². The smallest absolute Gasteiger partial charge is 0.319 e. The van der Waals surface area contributed by atoms with Gasteiger partial charge in [0, 0.05) is 17.3 Å². The molecule has 0 saturated carbocycles. The van der Waals surface area contributed by atoms with E-state index in [1.807, 2.05) is 0 Å². The number of nitro benzene ring substituents is 1. The number of nitrogens with zero attached hydrogens (tertiary/aromatic N) is 1. The third-order valence-electron chi connectivity index (χ3n) is 3.71. The van der Waals surface area contributed by atoms with E-state index in [2.05, 4.69) is 10.6 Å². The van der Waals surface area contributed by atoms with Crippen molar-refractivity contribution >= 4 is 17.4 Å². The number of amides is 2. The van der Waals surface area contributed by atoms with Crippen LogP contribution < -0.4 is 10.6 Å². The van der Waals surface area contributed by atoms with Crippen molar-refractivity contribution in [3.8, 4) is 0 Å². The molecule has 7 nitrogen and oxygen atoms in total. The Hall–Kier alpha value is -3.00. The van der Waals surface area contributed by atoms with Gasteiger partial charge in [-0.15, -0.1) is 0 Å². The number of aliphatic hydroxyl groups excluding tert-OH is 1. The molecule has 0 saturated heterocycles. The number of carbonyl (C=O) groups is 1. The first-order valence-corrected chi connectivity index (χ1v) is 7.54. The van der Waals surface area contributed by atoms with E-state index in [-0.39, 0.29) is 11.4 Å².